The average Bonchev–Trinajstić information content (AvgIpc) is 2.59. The zero-order chi connectivity index (χ0) is 16.7. The third-order valence-electron chi connectivity index (χ3n) is 3.67. The summed E-state index contributed by atoms with van der Waals surface area (Å²) in [5.41, 5.74) is 1.14. The fourth-order valence-electron chi connectivity index (χ4n) is 2.23. The van der Waals surface area contributed by atoms with Gasteiger partial charge in [0.1, 0.15) is 0 Å². The molecule has 0 spiro atoms. The molecule has 2 aromatic carbocycles. The second-order valence-electron chi connectivity index (χ2n) is 5.50. The summed E-state index contributed by atoms with van der Waals surface area (Å²) < 4.78 is 24.2. The minimum absolute atomic E-state index is 0.0290. The molecule has 0 aliphatic rings. The van der Waals surface area contributed by atoms with E-state index in [1.165, 1.54) is 0 Å². The van der Waals surface area contributed by atoms with Gasteiger partial charge in [-0.15, -0.1) is 0 Å². The number of benzene rings is 2. The smallest absolute Gasteiger partial charge is 0.221 e. The van der Waals surface area contributed by atoms with Crippen molar-refractivity contribution in [1.29, 1.82) is 0 Å². The molecule has 0 heterocycles. The number of sulfone groups is 1. The van der Waals surface area contributed by atoms with Gasteiger partial charge in [0.2, 0.25) is 5.91 Å². The number of carbonyl (C=O) groups is 1. The number of hydrogen-bond donors (Lipinski definition) is 1. The largest absolute Gasteiger partial charge is 0.355 e. The van der Waals surface area contributed by atoms with Crippen LogP contribution < -0.4 is 5.32 Å². The van der Waals surface area contributed by atoms with E-state index in [1.807, 2.05) is 37.3 Å². The molecule has 0 radical (unpaired) electrons. The molecule has 2 aromatic rings. The number of hydrogen-bond acceptors (Lipinski definition) is 3. The summed E-state index contributed by atoms with van der Waals surface area (Å²) in [4.78, 5) is 12.1. The minimum Gasteiger partial charge on any atom is -0.355 e. The normalized spacial score (nSPS) is 12.6. The lowest BCUT2D eigenvalue weighted by molar-refractivity contribution is -0.120. The Morgan fingerprint density at radius 1 is 1.00 bits per heavy atom. The van der Waals surface area contributed by atoms with E-state index in [4.69, 9.17) is 0 Å². The van der Waals surface area contributed by atoms with Crippen molar-refractivity contribution in [3.05, 3.63) is 66.2 Å². The number of carbonyl (C=O) groups excluding carboxylic acids is 1. The molecule has 0 bridgehead atoms. The Kier molecular flexibility index (Phi) is 5.93. The molecule has 1 amide bonds. The van der Waals surface area contributed by atoms with Gasteiger partial charge in [0, 0.05) is 13.0 Å². The zero-order valence-electron chi connectivity index (χ0n) is 13.1. The van der Waals surface area contributed by atoms with Crippen LogP contribution in [0.15, 0.2) is 65.6 Å². The highest BCUT2D eigenvalue weighted by Gasteiger charge is 2.16. The molecule has 1 N–H and O–H groups in total. The summed E-state index contributed by atoms with van der Waals surface area (Å²) in [6, 6.07) is 18.1. The van der Waals surface area contributed by atoms with Crippen LogP contribution in [0.5, 0.6) is 0 Å². The molecular weight excluding hydrogens is 310 g/mol. The van der Waals surface area contributed by atoms with E-state index in [0.29, 0.717) is 6.54 Å². The van der Waals surface area contributed by atoms with E-state index in [1.54, 1.807) is 30.3 Å². The maximum absolute atomic E-state index is 12.1. The Hall–Kier alpha value is -2.14. The standard InChI is InChI=1S/C18H21NO3S/c1-15(16-8-4-2-5-9-16)14-19-18(20)12-13-23(21,22)17-10-6-3-7-11-17/h2-11,15H,12-14H2,1H3,(H,19,20)/t15-/m1/s1. The first-order chi connectivity index (χ1) is 11.0. The van der Waals surface area contributed by atoms with Crippen molar-refractivity contribution >= 4 is 15.7 Å². The van der Waals surface area contributed by atoms with Crippen LogP contribution in [0.3, 0.4) is 0 Å². The predicted octanol–water partition coefficient (Wildman–Crippen LogP) is 2.77. The Bertz CT molecular complexity index is 727. The molecule has 5 heteroatoms. The minimum atomic E-state index is -3.41. The molecular formula is C18H21NO3S. The first-order valence-electron chi connectivity index (χ1n) is 7.58. The molecule has 122 valence electrons. The van der Waals surface area contributed by atoms with E-state index >= 15 is 0 Å². The second kappa shape index (κ2) is 7.92. The number of rotatable bonds is 7. The molecule has 2 rings (SSSR count). The van der Waals surface area contributed by atoms with E-state index in [0.717, 1.165) is 5.56 Å². The van der Waals surface area contributed by atoms with Crippen molar-refractivity contribution in [1.82, 2.24) is 5.32 Å². The highest BCUT2D eigenvalue weighted by molar-refractivity contribution is 7.91. The number of amides is 1. The lowest BCUT2D eigenvalue weighted by Gasteiger charge is -2.13. The van der Waals surface area contributed by atoms with E-state index in [-0.39, 0.29) is 28.9 Å². The highest BCUT2D eigenvalue weighted by atomic mass is 32.2. The van der Waals surface area contributed by atoms with Crippen LogP contribution in [0.25, 0.3) is 0 Å². The van der Waals surface area contributed by atoms with Gasteiger partial charge < -0.3 is 5.32 Å². The monoisotopic (exact) mass is 331 g/mol. The van der Waals surface area contributed by atoms with Crippen molar-refractivity contribution in [3.8, 4) is 0 Å². The molecule has 4 nitrogen and oxygen atoms in total. The molecule has 0 unspecified atom stereocenters. The highest BCUT2D eigenvalue weighted by Crippen LogP contribution is 2.14. The SMILES string of the molecule is C[C@H](CNC(=O)CCS(=O)(=O)c1ccccc1)c1ccccc1. The Morgan fingerprint density at radius 2 is 1.57 bits per heavy atom. The van der Waals surface area contributed by atoms with Crippen molar-refractivity contribution in [2.24, 2.45) is 0 Å². The molecule has 0 aliphatic carbocycles. The quantitative estimate of drug-likeness (QED) is 0.848. The topological polar surface area (TPSA) is 63.2 Å². The third-order valence-corrected chi connectivity index (χ3v) is 5.41. The van der Waals surface area contributed by atoms with E-state index < -0.39 is 9.84 Å². The molecule has 23 heavy (non-hydrogen) atoms. The first-order valence-corrected chi connectivity index (χ1v) is 9.24. The molecule has 0 saturated heterocycles. The predicted molar refractivity (Wildman–Crippen MR) is 91.0 cm³/mol. The first kappa shape index (κ1) is 17.2. The van der Waals surface area contributed by atoms with Gasteiger partial charge in [0.25, 0.3) is 0 Å². The van der Waals surface area contributed by atoms with Crippen molar-refractivity contribution in [2.45, 2.75) is 24.2 Å². The molecule has 1 atom stereocenters. The van der Waals surface area contributed by atoms with Crippen molar-refractivity contribution < 1.29 is 13.2 Å². The van der Waals surface area contributed by atoms with Gasteiger partial charge >= 0.3 is 0 Å². The second-order valence-corrected chi connectivity index (χ2v) is 7.61. The van der Waals surface area contributed by atoms with Crippen LogP contribution in [0.2, 0.25) is 0 Å². The summed E-state index contributed by atoms with van der Waals surface area (Å²) in [5.74, 6) is -0.235. The van der Waals surface area contributed by atoms with Crippen LogP contribution in [-0.4, -0.2) is 26.6 Å². The maximum atomic E-state index is 12.1. The average molecular weight is 331 g/mol. The van der Waals surface area contributed by atoms with Gasteiger partial charge in [-0.25, -0.2) is 8.42 Å². The lowest BCUT2D eigenvalue weighted by Crippen LogP contribution is -2.29. The van der Waals surface area contributed by atoms with Gasteiger partial charge in [-0.1, -0.05) is 55.5 Å². The Labute approximate surface area is 137 Å². The summed E-state index contributed by atoms with van der Waals surface area (Å²) in [6.07, 6.45) is -0.0290. The summed E-state index contributed by atoms with van der Waals surface area (Å²) in [5, 5.41) is 2.80. The molecule has 0 saturated carbocycles. The fraction of sp³-hybridized carbons (Fsp3) is 0.278. The number of nitrogens with one attached hydrogen (secondary N) is 1. The summed E-state index contributed by atoms with van der Waals surface area (Å²) >= 11 is 0. The van der Waals surface area contributed by atoms with Crippen molar-refractivity contribution in [2.75, 3.05) is 12.3 Å². The van der Waals surface area contributed by atoms with Gasteiger partial charge in [-0.05, 0) is 23.6 Å². The maximum Gasteiger partial charge on any atom is 0.221 e. The van der Waals surface area contributed by atoms with Gasteiger partial charge in [-0.2, -0.15) is 0 Å². The Balaban J connectivity index is 1.82. The lowest BCUT2D eigenvalue weighted by atomic mass is 10.0. The van der Waals surface area contributed by atoms with Crippen LogP contribution >= 0.6 is 0 Å². The van der Waals surface area contributed by atoms with Crippen LogP contribution in [0.1, 0.15) is 24.8 Å². The van der Waals surface area contributed by atoms with Crippen LogP contribution in [0.4, 0.5) is 0 Å². The summed E-state index contributed by atoms with van der Waals surface area (Å²) in [7, 11) is -3.41. The third kappa shape index (κ3) is 5.21. The van der Waals surface area contributed by atoms with Gasteiger partial charge in [-0.3, -0.25) is 4.79 Å². The molecule has 0 fully saturated rings. The zero-order valence-corrected chi connectivity index (χ0v) is 13.9. The summed E-state index contributed by atoms with van der Waals surface area (Å²) in [6.45, 7) is 2.52. The fourth-order valence-corrected chi connectivity index (χ4v) is 3.49. The van der Waals surface area contributed by atoms with Crippen LogP contribution in [0, 0.1) is 0 Å². The van der Waals surface area contributed by atoms with Gasteiger partial charge in [0.15, 0.2) is 9.84 Å². The van der Waals surface area contributed by atoms with Crippen molar-refractivity contribution in [3.63, 3.8) is 0 Å². The Morgan fingerprint density at radius 3 is 2.17 bits per heavy atom. The van der Waals surface area contributed by atoms with Gasteiger partial charge in [0.05, 0.1) is 10.6 Å². The molecule has 0 aliphatic heterocycles. The van der Waals surface area contributed by atoms with E-state index in [9.17, 15) is 13.2 Å². The molecule has 0 aromatic heterocycles. The van der Waals surface area contributed by atoms with Crippen LogP contribution in [-0.2, 0) is 14.6 Å². The van der Waals surface area contributed by atoms with E-state index in [2.05, 4.69) is 5.32 Å².